The molecule has 4 N–H and O–H groups in total. The van der Waals surface area contributed by atoms with Crippen molar-refractivity contribution in [3.05, 3.63) is 53.6 Å². The molecule has 0 atom stereocenters. The number of fused-ring (bicyclic) bond motifs is 1. The summed E-state index contributed by atoms with van der Waals surface area (Å²) in [6.07, 6.45) is 5.51. The fourth-order valence-electron chi connectivity index (χ4n) is 4.97. The first-order valence-corrected chi connectivity index (χ1v) is 13.3. The lowest BCUT2D eigenvalue weighted by Gasteiger charge is -2.30. The van der Waals surface area contributed by atoms with Crippen LogP contribution >= 0.6 is 12.2 Å². The molecule has 1 heterocycles. The van der Waals surface area contributed by atoms with Gasteiger partial charge in [-0.05, 0) is 79.4 Å². The molecule has 0 amide bonds. The molecule has 35 heavy (non-hydrogen) atoms. The Labute approximate surface area is 214 Å². The van der Waals surface area contributed by atoms with Crippen LogP contribution in [-0.2, 0) is 6.42 Å². The zero-order valence-corrected chi connectivity index (χ0v) is 22.1. The standard InChI is InChI=1S/C28H38N6S/c1-5-20-9-8-11-22(18(2)3)25(20)33-28(35)30-17-19-13-15-21(16-14-19)31-27-32-24-12-7-6-10-23(24)26(29-4)34-27/h6-12,18-19,21H,5,13-17H2,1-4H3,(H2,30,33,35)(H2,29,31,32,34)/t19-,21+. The molecule has 0 aliphatic heterocycles. The molecule has 1 aliphatic carbocycles. The van der Waals surface area contributed by atoms with Gasteiger partial charge in [0.05, 0.1) is 5.52 Å². The van der Waals surface area contributed by atoms with Gasteiger partial charge in [-0.25, -0.2) is 4.98 Å². The second-order valence-electron chi connectivity index (χ2n) is 9.75. The van der Waals surface area contributed by atoms with Gasteiger partial charge in [0.2, 0.25) is 5.95 Å². The van der Waals surface area contributed by atoms with Gasteiger partial charge in [-0.2, -0.15) is 4.98 Å². The number of hydrogen-bond donors (Lipinski definition) is 4. The molecule has 0 spiro atoms. The number of nitrogens with one attached hydrogen (secondary N) is 4. The van der Waals surface area contributed by atoms with Gasteiger partial charge >= 0.3 is 0 Å². The highest BCUT2D eigenvalue weighted by Gasteiger charge is 2.22. The largest absolute Gasteiger partial charge is 0.372 e. The summed E-state index contributed by atoms with van der Waals surface area (Å²) in [5.74, 6) is 2.63. The lowest BCUT2D eigenvalue weighted by atomic mass is 9.86. The summed E-state index contributed by atoms with van der Waals surface area (Å²) in [7, 11) is 1.90. The van der Waals surface area contributed by atoms with Gasteiger partial charge in [0.15, 0.2) is 5.11 Å². The van der Waals surface area contributed by atoms with Crippen LogP contribution < -0.4 is 21.3 Å². The van der Waals surface area contributed by atoms with E-state index in [1.165, 1.54) is 16.8 Å². The molecule has 6 nitrogen and oxygen atoms in total. The number of aromatic nitrogens is 2. The van der Waals surface area contributed by atoms with Crippen LogP contribution in [0.15, 0.2) is 42.5 Å². The number of nitrogens with zero attached hydrogens (tertiary/aromatic N) is 2. The number of rotatable bonds is 8. The van der Waals surface area contributed by atoms with Gasteiger partial charge in [0.25, 0.3) is 0 Å². The minimum Gasteiger partial charge on any atom is -0.372 e. The summed E-state index contributed by atoms with van der Waals surface area (Å²) >= 11 is 5.67. The molecule has 1 aromatic heterocycles. The first kappa shape index (κ1) is 25.2. The van der Waals surface area contributed by atoms with E-state index in [1.807, 2.05) is 31.3 Å². The maximum Gasteiger partial charge on any atom is 0.225 e. The Balaban J connectivity index is 1.28. The highest BCUT2D eigenvalue weighted by molar-refractivity contribution is 7.80. The van der Waals surface area contributed by atoms with Crippen molar-refractivity contribution in [2.24, 2.45) is 5.92 Å². The summed E-state index contributed by atoms with van der Waals surface area (Å²) in [5.41, 5.74) is 4.76. The van der Waals surface area contributed by atoms with E-state index < -0.39 is 0 Å². The van der Waals surface area contributed by atoms with E-state index in [1.54, 1.807) is 0 Å². The molecule has 186 valence electrons. The zero-order valence-electron chi connectivity index (χ0n) is 21.3. The summed E-state index contributed by atoms with van der Waals surface area (Å²) < 4.78 is 0. The molecule has 3 aromatic rings. The zero-order chi connectivity index (χ0) is 24.8. The van der Waals surface area contributed by atoms with E-state index >= 15 is 0 Å². The van der Waals surface area contributed by atoms with Crippen molar-refractivity contribution in [3.8, 4) is 0 Å². The van der Waals surface area contributed by atoms with Crippen molar-refractivity contribution in [1.29, 1.82) is 0 Å². The SMILES string of the molecule is CCc1cccc(C(C)C)c1NC(=S)NC[C@H]1CC[C@@H](Nc2nc(NC)c3ccccc3n2)CC1. The smallest absolute Gasteiger partial charge is 0.225 e. The topological polar surface area (TPSA) is 73.9 Å². The lowest BCUT2D eigenvalue weighted by Crippen LogP contribution is -2.36. The Morgan fingerprint density at radius 2 is 1.80 bits per heavy atom. The Kier molecular flexibility index (Phi) is 8.39. The van der Waals surface area contributed by atoms with E-state index in [0.29, 0.717) is 23.8 Å². The van der Waals surface area contributed by atoms with E-state index in [0.717, 1.165) is 60.5 Å². The fraction of sp³-hybridized carbons (Fsp3) is 0.464. The number of thiocarbonyl (C=S) groups is 1. The van der Waals surface area contributed by atoms with Crippen LogP contribution in [0.25, 0.3) is 10.9 Å². The third-order valence-electron chi connectivity index (χ3n) is 7.00. The average molecular weight is 491 g/mol. The number of para-hydroxylation sites is 2. The van der Waals surface area contributed by atoms with Crippen molar-refractivity contribution in [3.63, 3.8) is 0 Å². The number of anilines is 3. The first-order valence-electron chi connectivity index (χ1n) is 12.9. The van der Waals surface area contributed by atoms with E-state index in [4.69, 9.17) is 22.2 Å². The van der Waals surface area contributed by atoms with Crippen molar-refractivity contribution >= 4 is 45.7 Å². The van der Waals surface area contributed by atoms with Crippen LogP contribution in [0, 0.1) is 5.92 Å². The molecular weight excluding hydrogens is 452 g/mol. The van der Waals surface area contributed by atoms with Crippen molar-refractivity contribution < 1.29 is 0 Å². The normalized spacial score (nSPS) is 17.9. The van der Waals surface area contributed by atoms with E-state index in [2.05, 4.69) is 60.2 Å². The predicted molar refractivity (Wildman–Crippen MR) is 153 cm³/mol. The van der Waals surface area contributed by atoms with Crippen LogP contribution in [0.3, 0.4) is 0 Å². The van der Waals surface area contributed by atoms with Gasteiger partial charge < -0.3 is 21.3 Å². The molecule has 0 saturated heterocycles. The van der Waals surface area contributed by atoms with Crippen molar-refractivity contribution in [2.45, 2.75) is 64.8 Å². The van der Waals surface area contributed by atoms with Crippen LogP contribution in [-0.4, -0.2) is 34.7 Å². The number of benzene rings is 2. The van der Waals surface area contributed by atoms with Crippen molar-refractivity contribution in [2.75, 3.05) is 29.5 Å². The Morgan fingerprint density at radius 1 is 1.03 bits per heavy atom. The van der Waals surface area contributed by atoms with Crippen LogP contribution in [0.1, 0.15) is 63.5 Å². The molecule has 4 rings (SSSR count). The molecule has 1 fully saturated rings. The predicted octanol–water partition coefficient (Wildman–Crippen LogP) is 6.31. The quantitative estimate of drug-likeness (QED) is 0.276. The molecule has 0 bridgehead atoms. The average Bonchev–Trinajstić information content (AvgIpc) is 2.87. The number of aryl methyl sites for hydroxylation is 1. The molecule has 0 unspecified atom stereocenters. The van der Waals surface area contributed by atoms with Gasteiger partial charge in [0, 0.05) is 30.7 Å². The lowest BCUT2D eigenvalue weighted by molar-refractivity contribution is 0.336. The van der Waals surface area contributed by atoms with E-state index in [-0.39, 0.29) is 0 Å². The van der Waals surface area contributed by atoms with Gasteiger partial charge in [-0.1, -0.05) is 51.1 Å². The Morgan fingerprint density at radius 3 is 2.51 bits per heavy atom. The van der Waals surface area contributed by atoms with Gasteiger partial charge in [0.1, 0.15) is 5.82 Å². The van der Waals surface area contributed by atoms with Crippen LogP contribution in [0.4, 0.5) is 17.5 Å². The minimum atomic E-state index is 0.396. The summed E-state index contributed by atoms with van der Waals surface area (Å²) in [5, 5.41) is 15.5. The highest BCUT2D eigenvalue weighted by Crippen LogP contribution is 2.29. The van der Waals surface area contributed by atoms with Gasteiger partial charge in [-0.15, -0.1) is 0 Å². The monoisotopic (exact) mass is 490 g/mol. The molecule has 2 aromatic carbocycles. The highest BCUT2D eigenvalue weighted by atomic mass is 32.1. The third-order valence-corrected chi connectivity index (χ3v) is 7.24. The molecule has 7 heteroatoms. The van der Waals surface area contributed by atoms with Crippen LogP contribution in [0.5, 0.6) is 0 Å². The Bertz CT molecular complexity index is 1150. The summed E-state index contributed by atoms with van der Waals surface area (Å²) in [6.45, 7) is 7.55. The van der Waals surface area contributed by atoms with Crippen molar-refractivity contribution in [1.82, 2.24) is 15.3 Å². The molecular formula is C28H38N6S. The summed E-state index contributed by atoms with van der Waals surface area (Å²) in [6, 6.07) is 15.0. The maximum atomic E-state index is 5.67. The van der Waals surface area contributed by atoms with E-state index in [9.17, 15) is 0 Å². The minimum absolute atomic E-state index is 0.396. The first-order chi connectivity index (χ1) is 17.0. The fourth-order valence-corrected chi connectivity index (χ4v) is 5.15. The summed E-state index contributed by atoms with van der Waals surface area (Å²) in [4.78, 5) is 9.42. The van der Waals surface area contributed by atoms with Crippen LogP contribution in [0.2, 0.25) is 0 Å². The number of hydrogen-bond acceptors (Lipinski definition) is 5. The second-order valence-corrected chi connectivity index (χ2v) is 10.2. The molecule has 0 radical (unpaired) electrons. The third kappa shape index (κ3) is 6.20. The van der Waals surface area contributed by atoms with Gasteiger partial charge in [-0.3, -0.25) is 0 Å². The second kappa shape index (κ2) is 11.7. The molecule has 1 saturated carbocycles. The maximum absolute atomic E-state index is 5.67. The Hall–Kier alpha value is -2.93. The molecule has 1 aliphatic rings.